The molecule has 8 nitrogen and oxygen atoms in total. The SMILES string of the molecule is CCCC(C)N1CC=C[C@]23O[C@@H]4C=CCOC(=O)[C@@H]4[C@H]2C(=O)N([C@@H](CC)CO)C3C1=O. The molecule has 0 aliphatic carbocycles. The fraction of sp³-hybridized carbons (Fsp3) is 0.696. The van der Waals surface area contributed by atoms with Crippen LogP contribution in [-0.4, -0.2) is 82.3 Å². The van der Waals surface area contributed by atoms with Gasteiger partial charge in [-0.15, -0.1) is 0 Å². The molecule has 4 rings (SSSR count). The van der Waals surface area contributed by atoms with Gasteiger partial charge in [-0.05, 0) is 25.8 Å². The van der Waals surface area contributed by atoms with Gasteiger partial charge < -0.3 is 24.4 Å². The summed E-state index contributed by atoms with van der Waals surface area (Å²) in [5, 5.41) is 10.0. The van der Waals surface area contributed by atoms with E-state index in [0.29, 0.717) is 13.0 Å². The van der Waals surface area contributed by atoms with Gasteiger partial charge in [-0.25, -0.2) is 0 Å². The van der Waals surface area contributed by atoms with E-state index in [1.807, 2.05) is 26.0 Å². The smallest absolute Gasteiger partial charge is 0.313 e. The van der Waals surface area contributed by atoms with Gasteiger partial charge in [-0.3, -0.25) is 14.4 Å². The Kier molecular flexibility index (Phi) is 5.96. The molecule has 0 radical (unpaired) electrons. The van der Waals surface area contributed by atoms with E-state index in [1.165, 1.54) is 4.90 Å². The van der Waals surface area contributed by atoms with Crippen LogP contribution in [0.5, 0.6) is 0 Å². The molecule has 7 atom stereocenters. The molecule has 1 N–H and O–H groups in total. The van der Waals surface area contributed by atoms with Crippen molar-refractivity contribution in [1.29, 1.82) is 0 Å². The lowest BCUT2D eigenvalue weighted by Gasteiger charge is -2.39. The second-order valence-corrected chi connectivity index (χ2v) is 8.92. The summed E-state index contributed by atoms with van der Waals surface area (Å²) in [6.07, 6.45) is 8.82. The molecule has 8 heteroatoms. The zero-order valence-electron chi connectivity index (χ0n) is 18.4. The van der Waals surface area contributed by atoms with Crippen molar-refractivity contribution < 1.29 is 29.0 Å². The first-order chi connectivity index (χ1) is 14.9. The van der Waals surface area contributed by atoms with E-state index in [-0.39, 0.29) is 31.1 Å². The van der Waals surface area contributed by atoms with Crippen LogP contribution in [0.25, 0.3) is 0 Å². The third-order valence-electron chi connectivity index (χ3n) is 7.20. The van der Waals surface area contributed by atoms with E-state index in [4.69, 9.17) is 9.47 Å². The number of aliphatic hydroxyl groups excluding tert-OH is 1. The van der Waals surface area contributed by atoms with Gasteiger partial charge in [0.15, 0.2) is 0 Å². The van der Waals surface area contributed by atoms with Gasteiger partial charge in [0, 0.05) is 12.6 Å². The Labute approximate surface area is 182 Å². The Balaban J connectivity index is 1.84. The Morgan fingerprint density at radius 1 is 1.23 bits per heavy atom. The second-order valence-electron chi connectivity index (χ2n) is 8.92. The average Bonchev–Trinajstić information content (AvgIpc) is 3.04. The van der Waals surface area contributed by atoms with Crippen LogP contribution >= 0.6 is 0 Å². The first-order valence-electron chi connectivity index (χ1n) is 11.3. The van der Waals surface area contributed by atoms with Crippen molar-refractivity contribution in [2.45, 2.75) is 69.9 Å². The van der Waals surface area contributed by atoms with Crippen molar-refractivity contribution in [1.82, 2.24) is 9.80 Å². The predicted molar refractivity (Wildman–Crippen MR) is 112 cm³/mol. The fourth-order valence-electron chi connectivity index (χ4n) is 5.70. The predicted octanol–water partition coefficient (Wildman–Crippen LogP) is 1.04. The van der Waals surface area contributed by atoms with Gasteiger partial charge in [-0.2, -0.15) is 0 Å². The molecule has 0 saturated carbocycles. The van der Waals surface area contributed by atoms with Crippen LogP contribution in [0, 0.1) is 11.8 Å². The summed E-state index contributed by atoms with van der Waals surface area (Å²) in [6.45, 7) is 6.25. The summed E-state index contributed by atoms with van der Waals surface area (Å²) in [4.78, 5) is 43.8. The molecule has 2 amide bonds. The zero-order chi connectivity index (χ0) is 22.3. The third kappa shape index (κ3) is 3.22. The number of cyclic esters (lactones) is 1. The molecule has 0 aromatic rings. The van der Waals surface area contributed by atoms with E-state index in [9.17, 15) is 19.5 Å². The summed E-state index contributed by atoms with van der Waals surface area (Å²) in [7, 11) is 0. The molecule has 0 bridgehead atoms. The monoisotopic (exact) mass is 432 g/mol. The van der Waals surface area contributed by atoms with Crippen LogP contribution in [0.3, 0.4) is 0 Å². The van der Waals surface area contributed by atoms with Crippen molar-refractivity contribution >= 4 is 17.8 Å². The number of rotatable bonds is 6. The number of carbonyl (C=O) groups excluding carboxylic acids is 3. The van der Waals surface area contributed by atoms with E-state index < -0.39 is 41.6 Å². The molecule has 4 aliphatic rings. The number of nitrogens with zero attached hydrogens (tertiary/aromatic N) is 2. The molecule has 2 saturated heterocycles. The van der Waals surface area contributed by atoms with Crippen LogP contribution in [0.1, 0.15) is 40.0 Å². The Bertz CT molecular complexity index is 806. The molecule has 4 heterocycles. The summed E-state index contributed by atoms with van der Waals surface area (Å²) in [6, 6.07) is -1.45. The van der Waals surface area contributed by atoms with E-state index >= 15 is 0 Å². The number of ether oxygens (including phenoxy) is 2. The normalized spacial score (nSPS) is 36.5. The standard InChI is InChI=1S/C23H32N2O6/c1-4-8-14(3)24-11-7-10-23-18(17-16(31-23)9-6-12-30-22(17)29)20(27)25(15(5-2)13-26)19(23)21(24)28/h6-7,9-10,14-19,26H,4-5,8,11-13H2,1-3H3/t14?,15-,16+,17-,18-,19?,23-/m0/s1. The van der Waals surface area contributed by atoms with Crippen LogP contribution in [0.4, 0.5) is 0 Å². The minimum atomic E-state index is -1.26. The van der Waals surface area contributed by atoms with Crippen LogP contribution in [0.15, 0.2) is 24.3 Å². The first kappa shape index (κ1) is 22.0. The zero-order valence-corrected chi connectivity index (χ0v) is 18.4. The molecular formula is C23H32N2O6. The van der Waals surface area contributed by atoms with Crippen molar-refractivity contribution in [2.24, 2.45) is 11.8 Å². The van der Waals surface area contributed by atoms with E-state index in [1.54, 1.807) is 17.1 Å². The molecule has 170 valence electrons. The van der Waals surface area contributed by atoms with Crippen LogP contribution in [0.2, 0.25) is 0 Å². The maximum absolute atomic E-state index is 13.9. The molecule has 31 heavy (non-hydrogen) atoms. The number of hydrogen-bond acceptors (Lipinski definition) is 6. The molecule has 4 aliphatic heterocycles. The highest BCUT2D eigenvalue weighted by Crippen LogP contribution is 2.54. The molecule has 1 spiro atoms. The van der Waals surface area contributed by atoms with Gasteiger partial charge in [0.1, 0.15) is 24.2 Å². The van der Waals surface area contributed by atoms with Crippen molar-refractivity contribution in [3.63, 3.8) is 0 Å². The number of aliphatic hydroxyl groups is 1. The lowest BCUT2D eigenvalue weighted by Crippen LogP contribution is -2.59. The Hall–Kier alpha value is -2.19. The number of likely N-dealkylation sites (tertiary alicyclic amines) is 1. The largest absolute Gasteiger partial charge is 0.461 e. The highest BCUT2D eigenvalue weighted by molar-refractivity contribution is 5.99. The summed E-state index contributed by atoms with van der Waals surface area (Å²) >= 11 is 0. The van der Waals surface area contributed by atoms with Gasteiger partial charge >= 0.3 is 5.97 Å². The minimum Gasteiger partial charge on any atom is -0.461 e. The van der Waals surface area contributed by atoms with Crippen LogP contribution < -0.4 is 0 Å². The lowest BCUT2D eigenvalue weighted by atomic mass is 9.78. The number of amides is 2. The maximum Gasteiger partial charge on any atom is 0.313 e. The lowest BCUT2D eigenvalue weighted by molar-refractivity contribution is -0.155. The Morgan fingerprint density at radius 2 is 2.00 bits per heavy atom. The number of carbonyl (C=O) groups is 3. The number of fused-ring (bicyclic) bond motifs is 2. The molecular weight excluding hydrogens is 400 g/mol. The second kappa shape index (κ2) is 8.39. The van der Waals surface area contributed by atoms with Crippen LogP contribution in [-0.2, 0) is 23.9 Å². The van der Waals surface area contributed by atoms with E-state index in [2.05, 4.69) is 6.92 Å². The highest BCUT2D eigenvalue weighted by atomic mass is 16.6. The summed E-state index contributed by atoms with van der Waals surface area (Å²) < 4.78 is 11.7. The summed E-state index contributed by atoms with van der Waals surface area (Å²) in [5.74, 6) is -2.67. The minimum absolute atomic E-state index is 0.000697. The molecule has 2 unspecified atom stereocenters. The summed E-state index contributed by atoms with van der Waals surface area (Å²) in [5.41, 5.74) is -1.26. The van der Waals surface area contributed by atoms with Gasteiger partial charge in [0.25, 0.3) is 0 Å². The van der Waals surface area contributed by atoms with Crippen molar-refractivity contribution in [3.8, 4) is 0 Å². The van der Waals surface area contributed by atoms with Crippen molar-refractivity contribution in [2.75, 3.05) is 19.8 Å². The molecule has 2 fully saturated rings. The highest BCUT2D eigenvalue weighted by Gasteiger charge is 2.72. The fourth-order valence-corrected chi connectivity index (χ4v) is 5.70. The maximum atomic E-state index is 13.9. The topological polar surface area (TPSA) is 96.4 Å². The van der Waals surface area contributed by atoms with Gasteiger partial charge in [0.2, 0.25) is 11.8 Å². The van der Waals surface area contributed by atoms with Crippen molar-refractivity contribution in [3.05, 3.63) is 24.3 Å². The number of esters is 1. The molecule has 0 aromatic carbocycles. The molecule has 0 aromatic heterocycles. The van der Waals surface area contributed by atoms with Gasteiger partial charge in [-0.1, -0.05) is 38.5 Å². The average molecular weight is 433 g/mol. The Morgan fingerprint density at radius 3 is 2.68 bits per heavy atom. The van der Waals surface area contributed by atoms with Gasteiger partial charge in [0.05, 0.1) is 24.7 Å². The third-order valence-corrected chi connectivity index (χ3v) is 7.20. The quantitative estimate of drug-likeness (QED) is 0.498. The first-order valence-corrected chi connectivity index (χ1v) is 11.3. The van der Waals surface area contributed by atoms with E-state index in [0.717, 1.165) is 12.8 Å². The number of hydrogen-bond donors (Lipinski definition) is 1.